The largest absolute Gasteiger partial charge is 0.331 e. The molecule has 0 amide bonds. The second kappa shape index (κ2) is 6.25. The zero-order valence-electron chi connectivity index (χ0n) is 11.3. The van der Waals surface area contributed by atoms with Gasteiger partial charge in [0.2, 0.25) is 0 Å². The lowest BCUT2D eigenvalue weighted by molar-refractivity contribution is 0.896. The second-order valence-electron chi connectivity index (χ2n) is 4.51. The fourth-order valence-electron chi connectivity index (χ4n) is 1.95. The number of halogens is 1. The third kappa shape index (κ3) is 3.15. The number of aromatic nitrogens is 2. The molecule has 3 aromatic rings. The molecule has 2 N–H and O–H groups in total. The van der Waals surface area contributed by atoms with Gasteiger partial charge in [-0.05, 0) is 48.6 Å². The molecule has 1 aromatic heterocycles. The average molecular weight is 375 g/mol. The first kappa shape index (κ1) is 14.7. The van der Waals surface area contributed by atoms with Crippen LogP contribution < -0.4 is 16.3 Å². The molecule has 0 aliphatic carbocycles. The summed E-state index contributed by atoms with van der Waals surface area (Å²) in [5, 5.41) is 3.84. The zero-order valence-corrected chi connectivity index (χ0v) is 13.7. The second-order valence-corrected chi connectivity index (χ2v) is 5.83. The van der Waals surface area contributed by atoms with Gasteiger partial charge in [0.15, 0.2) is 5.11 Å². The molecule has 0 saturated heterocycles. The molecular formula is C15H11BrN4OS. The molecule has 0 radical (unpaired) electrons. The van der Waals surface area contributed by atoms with Gasteiger partial charge in [0.25, 0.3) is 5.56 Å². The van der Waals surface area contributed by atoms with Gasteiger partial charge < -0.3 is 5.32 Å². The summed E-state index contributed by atoms with van der Waals surface area (Å²) in [6.07, 6.45) is 1.42. The van der Waals surface area contributed by atoms with E-state index in [1.807, 2.05) is 30.3 Å². The Kier molecular flexibility index (Phi) is 4.17. The normalized spacial score (nSPS) is 10.4. The highest BCUT2D eigenvalue weighted by atomic mass is 79.9. The van der Waals surface area contributed by atoms with Gasteiger partial charge in [0, 0.05) is 10.2 Å². The van der Waals surface area contributed by atoms with Crippen LogP contribution in [0.3, 0.4) is 0 Å². The maximum absolute atomic E-state index is 12.3. The molecule has 0 spiro atoms. The molecule has 0 bridgehead atoms. The van der Waals surface area contributed by atoms with Crippen molar-refractivity contribution in [2.24, 2.45) is 0 Å². The van der Waals surface area contributed by atoms with Gasteiger partial charge in [-0.3, -0.25) is 10.2 Å². The first-order chi connectivity index (χ1) is 10.6. The predicted molar refractivity (Wildman–Crippen MR) is 95.7 cm³/mol. The van der Waals surface area contributed by atoms with Crippen molar-refractivity contribution in [1.82, 2.24) is 9.66 Å². The Morgan fingerprint density at radius 2 is 1.86 bits per heavy atom. The monoisotopic (exact) mass is 374 g/mol. The first-order valence-electron chi connectivity index (χ1n) is 6.43. The summed E-state index contributed by atoms with van der Waals surface area (Å²) in [4.78, 5) is 16.5. The van der Waals surface area contributed by atoms with E-state index in [9.17, 15) is 4.79 Å². The lowest BCUT2D eigenvalue weighted by atomic mass is 10.2. The molecule has 1 heterocycles. The van der Waals surface area contributed by atoms with Crippen LogP contribution in [-0.2, 0) is 0 Å². The minimum absolute atomic E-state index is 0.203. The number of benzene rings is 2. The number of nitrogens with one attached hydrogen (secondary N) is 2. The smallest absolute Gasteiger partial charge is 0.280 e. The molecule has 0 fully saturated rings. The Balaban J connectivity index is 1.81. The van der Waals surface area contributed by atoms with Crippen molar-refractivity contribution in [2.75, 3.05) is 10.7 Å². The SMILES string of the molecule is O=c1c2ccccc2ncn1NC(=S)Nc1ccc(Br)cc1. The van der Waals surface area contributed by atoms with Gasteiger partial charge in [-0.15, -0.1) is 0 Å². The summed E-state index contributed by atoms with van der Waals surface area (Å²) in [6.45, 7) is 0. The number of anilines is 1. The van der Waals surface area contributed by atoms with E-state index in [0.29, 0.717) is 16.0 Å². The van der Waals surface area contributed by atoms with Gasteiger partial charge >= 0.3 is 0 Å². The predicted octanol–water partition coefficient (Wildman–Crippen LogP) is 3.10. The fraction of sp³-hybridized carbons (Fsp3) is 0. The third-order valence-electron chi connectivity index (χ3n) is 2.99. The molecule has 5 nitrogen and oxygen atoms in total. The fourth-order valence-corrected chi connectivity index (χ4v) is 2.43. The van der Waals surface area contributed by atoms with E-state index >= 15 is 0 Å². The summed E-state index contributed by atoms with van der Waals surface area (Å²) >= 11 is 8.58. The third-order valence-corrected chi connectivity index (χ3v) is 3.71. The Labute approximate surface area is 140 Å². The lowest BCUT2D eigenvalue weighted by Gasteiger charge is -2.12. The summed E-state index contributed by atoms with van der Waals surface area (Å²) in [5.74, 6) is 0. The summed E-state index contributed by atoms with van der Waals surface area (Å²) < 4.78 is 2.24. The van der Waals surface area contributed by atoms with Crippen molar-refractivity contribution in [1.29, 1.82) is 0 Å². The van der Waals surface area contributed by atoms with E-state index in [4.69, 9.17) is 12.2 Å². The number of hydrogen-bond donors (Lipinski definition) is 2. The van der Waals surface area contributed by atoms with Gasteiger partial charge in [-0.1, -0.05) is 28.1 Å². The average Bonchev–Trinajstić information content (AvgIpc) is 2.53. The Morgan fingerprint density at radius 3 is 2.64 bits per heavy atom. The number of fused-ring (bicyclic) bond motifs is 1. The van der Waals surface area contributed by atoms with Crippen LogP contribution in [0, 0.1) is 0 Å². The van der Waals surface area contributed by atoms with Crippen LogP contribution in [0.25, 0.3) is 10.9 Å². The van der Waals surface area contributed by atoms with Crippen LogP contribution in [0.1, 0.15) is 0 Å². The summed E-state index contributed by atoms with van der Waals surface area (Å²) in [6, 6.07) is 14.7. The standard InChI is InChI=1S/C15H11BrN4OS/c16-10-5-7-11(8-6-10)18-15(22)19-20-9-17-13-4-2-1-3-12(13)14(20)21/h1-9H,(H2,18,19,22). The molecular weight excluding hydrogens is 364 g/mol. The first-order valence-corrected chi connectivity index (χ1v) is 7.63. The van der Waals surface area contributed by atoms with Crippen LogP contribution in [-0.4, -0.2) is 14.8 Å². The van der Waals surface area contributed by atoms with Crippen LogP contribution in [0.4, 0.5) is 5.69 Å². The van der Waals surface area contributed by atoms with E-state index in [1.54, 1.807) is 18.2 Å². The van der Waals surface area contributed by atoms with Gasteiger partial charge in [0.05, 0.1) is 10.9 Å². The van der Waals surface area contributed by atoms with Crippen molar-refractivity contribution < 1.29 is 0 Å². The van der Waals surface area contributed by atoms with Crippen molar-refractivity contribution in [2.45, 2.75) is 0 Å². The maximum atomic E-state index is 12.3. The number of hydrogen-bond acceptors (Lipinski definition) is 3. The van der Waals surface area contributed by atoms with E-state index in [2.05, 4.69) is 31.7 Å². The molecule has 110 valence electrons. The van der Waals surface area contributed by atoms with Gasteiger partial charge in [-0.2, -0.15) is 0 Å². The molecule has 7 heteroatoms. The minimum Gasteiger partial charge on any atom is -0.331 e. The lowest BCUT2D eigenvalue weighted by Crippen LogP contribution is -2.35. The van der Waals surface area contributed by atoms with Crippen molar-refractivity contribution in [3.63, 3.8) is 0 Å². The molecule has 22 heavy (non-hydrogen) atoms. The summed E-state index contributed by atoms with van der Waals surface area (Å²) in [7, 11) is 0. The summed E-state index contributed by atoms with van der Waals surface area (Å²) in [5.41, 5.74) is 4.08. The van der Waals surface area contributed by atoms with Crippen molar-refractivity contribution in [3.05, 3.63) is 69.7 Å². The van der Waals surface area contributed by atoms with E-state index in [1.165, 1.54) is 11.0 Å². The van der Waals surface area contributed by atoms with Crippen molar-refractivity contribution >= 4 is 49.9 Å². The molecule has 0 aliphatic heterocycles. The maximum Gasteiger partial charge on any atom is 0.280 e. The highest BCUT2D eigenvalue weighted by Crippen LogP contribution is 2.14. The Hall–Kier alpha value is -2.25. The molecule has 0 atom stereocenters. The van der Waals surface area contributed by atoms with Crippen molar-refractivity contribution in [3.8, 4) is 0 Å². The molecule has 0 aliphatic rings. The molecule has 3 rings (SSSR count). The van der Waals surface area contributed by atoms with Crippen LogP contribution in [0.5, 0.6) is 0 Å². The number of para-hydroxylation sites is 1. The van der Waals surface area contributed by atoms with Crippen LogP contribution in [0.2, 0.25) is 0 Å². The zero-order chi connectivity index (χ0) is 15.5. The van der Waals surface area contributed by atoms with Crippen LogP contribution >= 0.6 is 28.1 Å². The van der Waals surface area contributed by atoms with Gasteiger partial charge in [-0.25, -0.2) is 9.66 Å². The minimum atomic E-state index is -0.203. The van der Waals surface area contributed by atoms with E-state index < -0.39 is 0 Å². The number of thiocarbonyl (C=S) groups is 1. The topological polar surface area (TPSA) is 59.0 Å². The number of rotatable bonds is 2. The van der Waals surface area contributed by atoms with Gasteiger partial charge in [0.1, 0.15) is 6.33 Å². The molecule has 0 saturated carbocycles. The molecule has 0 unspecified atom stereocenters. The molecule has 2 aromatic carbocycles. The quantitative estimate of drug-likeness (QED) is 0.675. The number of nitrogens with zero attached hydrogens (tertiary/aromatic N) is 2. The van der Waals surface area contributed by atoms with Crippen LogP contribution in [0.15, 0.2) is 64.1 Å². The highest BCUT2D eigenvalue weighted by molar-refractivity contribution is 9.10. The van der Waals surface area contributed by atoms with E-state index in [0.717, 1.165) is 10.2 Å². The Morgan fingerprint density at radius 1 is 1.14 bits per heavy atom. The highest BCUT2D eigenvalue weighted by Gasteiger charge is 2.04. The van der Waals surface area contributed by atoms with E-state index in [-0.39, 0.29) is 5.56 Å². The Bertz CT molecular complexity index is 892.